The maximum Gasteiger partial charge on any atom is 0.301 e. The molecule has 1 aliphatic heterocycles. The van der Waals surface area contributed by atoms with Crippen LogP contribution in [0.25, 0.3) is 5.76 Å². The van der Waals surface area contributed by atoms with E-state index < -0.39 is 17.7 Å². The number of Topliss-reactive ketones (excluding diaryl/α,β-unsaturated/α-hetero) is 1. The smallest absolute Gasteiger partial charge is 0.301 e. The third kappa shape index (κ3) is 4.19. The van der Waals surface area contributed by atoms with Crippen LogP contribution in [0.5, 0.6) is 11.5 Å². The SMILES string of the molecule is Cc1ccc(/C(O)=C2/C(=O)C(=O)N(c3cc(C)on3)C2c2cccc(Oc3ccccc3)c2)cc1. The summed E-state index contributed by atoms with van der Waals surface area (Å²) in [4.78, 5) is 27.7. The first kappa shape index (κ1) is 22.2. The van der Waals surface area contributed by atoms with E-state index in [-0.39, 0.29) is 17.2 Å². The first-order chi connectivity index (χ1) is 16.9. The first-order valence-electron chi connectivity index (χ1n) is 11.1. The van der Waals surface area contributed by atoms with Crippen LogP contribution < -0.4 is 9.64 Å². The Balaban J connectivity index is 1.65. The van der Waals surface area contributed by atoms with E-state index in [2.05, 4.69) is 5.16 Å². The highest BCUT2D eigenvalue weighted by Gasteiger charge is 2.48. The van der Waals surface area contributed by atoms with E-state index in [1.807, 2.05) is 49.4 Å². The summed E-state index contributed by atoms with van der Waals surface area (Å²) in [5.41, 5.74) is 1.98. The lowest BCUT2D eigenvalue weighted by atomic mass is 9.95. The number of aliphatic hydroxyl groups excluding tert-OH is 1. The number of rotatable bonds is 5. The summed E-state index contributed by atoms with van der Waals surface area (Å²) in [6.07, 6.45) is 0. The van der Waals surface area contributed by atoms with Crippen molar-refractivity contribution in [2.45, 2.75) is 19.9 Å². The predicted octanol–water partition coefficient (Wildman–Crippen LogP) is 5.71. The van der Waals surface area contributed by atoms with Gasteiger partial charge in [-0.25, -0.2) is 0 Å². The summed E-state index contributed by atoms with van der Waals surface area (Å²) in [5, 5.41) is 15.2. The molecule has 1 aromatic heterocycles. The van der Waals surface area contributed by atoms with Gasteiger partial charge in [-0.05, 0) is 43.7 Å². The van der Waals surface area contributed by atoms with Crippen molar-refractivity contribution < 1.29 is 24.0 Å². The maximum atomic E-state index is 13.2. The van der Waals surface area contributed by atoms with E-state index in [4.69, 9.17) is 9.26 Å². The summed E-state index contributed by atoms with van der Waals surface area (Å²) in [5.74, 6) is -0.0244. The van der Waals surface area contributed by atoms with Gasteiger partial charge in [0, 0.05) is 11.6 Å². The fourth-order valence-corrected chi connectivity index (χ4v) is 4.09. The molecule has 0 aliphatic carbocycles. The van der Waals surface area contributed by atoms with Gasteiger partial charge in [0.15, 0.2) is 5.82 Å². The number of ketones is 1. The number of anilines is 1. The number of aromatic nitrogens is 1. The largest absolute Gasteiger partial charge is 0.507 e. The second kappa shape index (κ2) is 8.95. The fourth-order valence-electron chi connectivity index (χ4n) is 4.09. The number of carbonyl (C=O) groups is 2. The van der Waals surface area contributed by atoms with E-state index in [1.54, 1.807) is 49.4 Å². The van der Waals surface area contributed by atoms with Crippen molar-refractivity contribution in [3.63, 3.8) is 0 Å². The lowest BCUT2D eigenvalue weighted by molar-refractivity contribution is -0.132. The Kier molecular flexibility index (Phi) is 5.66. The number of aryl methyl sites for hydroxylation is 2. The minimum Gasteiger partial charge on any atom is -0.507 e. The van der Waals surface area contributed by atoms with Crippen LogP contribution in [0.2, 0.25) is 0 Å². The van der Waals surface area contributed by atoms with Gasteiger partial charge in [0.05, 0.1) is 11.6 Å². The highest BCUT2D eigenvalue weighted by molar-refractivity contribution is 6.51. The van der Waals surface area contributed by atoms with E-state index >= 15 is 0 Å². The van der Waals surface area contributed by atoms with Gasteiger partial charge in [0.25, 0.3) is 5.78 Å². The van der Waals surface area contributed by atoms with E-state index in [0.29, 0.717) is 28.4 Å². The molecule has 2 heterocycles. The molecule has 7 heteroatoms. The molecule has 7 nitrogen and oxygen atoms in total. The van der Waals surface area contributed by atoms with Crippen LogP contribution in [0.1, 0.15) is 28.5 Å². The Bertz CT molecular complexity index is 1440. The predicted molar refractivity (Wildman–Crippen MR) is 130 cm³/mol. The highest BCUT2D eigenvalue weighted by atomic mass is 16.5. The summed E-state index contributed by atoms with van der Waals surface area (Å²) in [6, 6.07) is 24.1. The molecule has 1 atom stereocenters. The highest BCUT2D eigenvalue weighted by Crippen LogP contribution is 2.42. The van der Waals surface area contributed by atoms with Crippen molar-refractivity contribution in [2.75, 3.05) is 4.90 Å². The Morgan fingerprint density at radius 2 is 1.63 bits per heavy atom. The molecule has 1 fully saturated rings. The summed E-state index contributed by atoms with van der Waals surface area (Å²) in [6.45, 7) is 3.62. The Hall–Kier alpha value is -4.65. The molecule has 3 aromatic carbocycles. The molecule has 0 saturated carbocycles. The van der Waals surface area contributed by atoms with Gasteiger partial charge in [-0.2, -0.15) is 0 Å². The number of nitrogens with zero attached hydrogens (tertiary/aromatic N) is 2. The van der Waals surface area contributed by atoms with E-state index in [0.717, 1.165) is 5.56 Å². The van der Waals surface area contributed by atoms with Gasteiger partial charge in [0.1, 0.15) is 23.0 Å². The zero-order valence-corrected chi connectivity index (χ0v) is 19.1. The molecule has 1 aliphatic rings. The molecular weight excluding hydrogens is 444 g/mol. The average molecular weight is 466 g/mol. The van der Waals surface area contributed by atoms with Gasteiger partial charge >= 0.3 is 5.91 Å². The number of amides is 1. The molecule has 35 heavy (non-hydrogen) atoms. The number of hydrogen-bond donors (Lipinski definition) is 1. The molecular formula is C28H22N2O5. The Labute approximate surface area is 201 Å². The van der Waals surface area contributed by atoms with Crippen molar-refractivity contribution in [2.24, 2.45) is 0 Å². The van der Waals surface area contributed by atoms with Crippen LogP contribution in [0.15, 0.2) is 95.0 Å². The molecule has 1 unspecified atom stereocenters. The number of para-hydroxylation sites is 1. The quantitative estimate of drug-likeness (QED) is 0.230. The van der Waals surface area contributed by atoms with Crippen LogP contribution in [0, 0.1) is 13.8 Å². The van der Waals surface area contributed by atoms with E-state index in [9.17, 15) is 14.7 Å². The van der Waals surface area contributed by atoms with Crippen molar-refractivity contribution in [1.82, 2.24) is 5.16 Å². The minimum absolute atomic E-state index is 0.0311. The second-order valence-electron chi connectivity index (χ2n) is 8.32. The average Bonchev–Trinajstić information content (AvgIpc) is 3.40. The zero-order valence-electron chi connectivity index (χ0n) is 19.1. The van der Waals surface area contributed by atoms with Crippen molar-refractivity contribution in [3.05, 3.63) is 113 Å². The fraction of sp³-hybridized carbons (Fsp3) is 0.107. The number of carbonyl (C=O) groups excluding carboxylic acids is 2. The lowest BCUT2D eigenvalue weighted by Crippen LogP contribution is -2.29. The summed E-state index contributed by atoms with van der Waals surface area (Å²) < 4.78 is 11.2. The van der Waals surface area contributed by atoms with Crippen LogP contribution in [-0.2, 0) is 9.59 Å². The van der Waals surface area contributed by atoms with Crippen molar-refractivity contribution in [1.29, 1.82) is 0 Å². The maximum absolute atomic E-state index is 13.2. The number of benzene rings is 3. The van der Waals surface area contributed by atoms with Crippen LogP contribution in [0.4, 0.5) is 5.82 Å². The molecule has 0 spiro atoms. The topological polar surface area (TPSA) is 92.9 Å². The van der Waals surface area contributed by atoms with Crippen molar-refractivity contribution >= 4 is 23.3 Å². The molecule has 1 amide bonds. The lowest BCUT2D eigenvalue weighted by Gasteiger charge is -2.23. The molecule has 1 saturated heterocycles. The summed E-state index contributed by atoms with van der Waals surface area (Å²) >= 11 is 0. The van der Waals surface area contributed by atoms with Gasteiger partial charge < -0.3 is 14.4 Å². The monoisotopic (exact) mass is 466 g/mol. The second-order valence-corrected chi connectivity index (χ2v) is 8.32. The Morgan fingerprint density at radius 1 is 0.914 bits per heavy atom. The standard InChI is InChI=1S/C28H22N2O5/c1-17-11-13-19(14-12-17)26(31)24-25(30(28(33)27(24)32)23-15-18(2)35-29-23)20-7-6-10-22(16-20)34-21-8-4-3-5-9-21/h3-16,25,31H,1-2H3/b26-24-. The normalized spacial score (nSPS) is 17.1. The van der Waals surface area contributed by atoms with Crippen LogP contribution in [0.3, 0.4) is 0 Å². The van der Waals surface area contributed by atoms with Gasteiger partial charge in [-0.3, -0.25) is 14.5 Å². The third-order valence-electron chi connectivity index (χ3n) is 5.78. The summed E-state index contributed by atoms with van der Waals surface area (Å²) in [7, 11) is 0. The number of hydrogen-bond acceptors (Lipinski definition) is 6. The molecule has 0 bridgehead atoms. The molecule has 5 rings (SSSR count). The van der Waals surface area contributed by atoms with Crippen LogP contribution in [-0.4, -0.2) is 22.0 Å². The van der Waals surface area contributed by atoms with E-state index in [1.165, 1.54) is 4.90 Å². The van der Waals surface area contributed by atoms with Gasteiger partial charge in [-0.15, -0.1) is 0 Å². The number of aliphatic hydroxyl groups is 1. The number of ether oxygens (including phenoxy) is 1. The Morgan fingerprint density at radius 3 is 2.31 bits per heavy atom. The zero-order chi connectivity index (χ0) is 24.5. The third-order valence-corrected chi connectivity index (χ3v) is 5.78. The molecule has 1 N–H and O–H groups in total. The molecule has 0 radical (unpaired) electrons. The van der Waals surface area contributed by atoms with Gasteiger partial charge in [-0.1, -0.05) is 65.3 Å². The first-order valence-corrected chi connectivity index (χ1v) is 11.1. The van der Waals surface area contributed by atoms with Crippen molar-refractivity contribution in [3.8, 4) is 11.5 Å². The minimum atomic E-state index is -0.930. The van der Waals surface area contributed by atoms with Gasteiger partial charge in [0.2, 0.25) is 0 Å². The molecule has 4 aromatic rings. The molecule has 174 valence electrons. The van der Waals surface area contributed by atoms with Crippen LogP contribution >= 0.6 is 0 Å².